The van der Waals surface area contributed by atoms with Crippen molar-refractivity contribution in [1.29, 1.82) is 0 Å². The van der Waals surface area contributed by atoms with Crippen LogP contribution in [0, 0.1) is 0 Å². The lowest BCUT2D eigenvalue weighted by atomic mass is 10.3. The van der Waals surface area contributed by atoms with Crippen molar-refractivity contribution in [2.24, 2.45) is 0 Å². The number of thioether (sulfide) groups is 1. The maximum atomic E-state index is 12.2. The number of hydrogen-bond donors (Lipinski definition) is 1. The fraction of sp³-hybridized carbons (Fsp3) is 0.133. The molecule has 2 aromatic carbocycles. The predicted octanol–water partition coefficient (Wildman–Crippen LogP) is 5.88. The summed E-state index contributed by atoms with van der Waals surface area (Å²) in [6, 6.07) is 12.9. The molecule has 0 aromatic heterocycles. The van der Waals surface area contributed by atoms with E-state index in [2.05, 4.69) is 21.2 Å². The first-order valence-electron chi connectivity index (χ1n) is 6.14. The van der Waals surface area contributed by atoms with Crippen LogP contribution in [0.4, 0.5) is 5.69 Å². The van der Waals surface area contributed by atoms with Crippen molar-refractivity contribution in [3.05, 3.63) is 57.0 Å². The highest BCUT2D eigenvalue weighted by Crippen LogP contribution is 2.31. The van der Waals surface area contributed by atoms with E-state index in [1.807, 2.05) is 31.2 Å². The second-order valence-corrected chi connectivity index (χ2v) is 7.44. The molecule has 0 fully saturated rings. The van der Waals surface area contributed by atoms with Crippen molar-refractivity contribution in [3.63, 3.8) is 0 Å². The van der Waals surface area contributed by atoms with Gasteiger partial charge in [-0.2, -0.15) is 0 Å². The molecule has 21 heavy (non-hydrogen) atoms. The second kappa shape index (κ2) is 7.54. The van der Waals surface area contributed by atoms with Crippen LogP contribution < -0.4 is 5.32 Å². The zero-order valence-corrected chi connectivity index (χ0v) is 15.0. The molecule has 0 bridgehead atoms. The molecule has 2 nitrogen and oxygen atoms in total. The molecule has 6 heteroatoms. The Hall–Kier alpha value is -0.680. The Morgan fingerprint density at radius 2 is 1.71 bits per heavy atom. The van der Waals surface area contributed by atoms with Crippen molar-refractivity contribution in [1.82, 2.24) is 0 Å². The van der Waals surface area contributed by atoms with Gasteiger partial charge in [0.1, 0.15) is 0 Å². The van der Waals surface area contributed by atoms with Gasteiger partial charge in [0.05, 0.1) is 21.0 Å². The van der Waals surface area contributed by atoms with Crippen LogP contribution in [-0.2, 0) is 4.79 Å². The van der Waals surface area contributed by atoms with E-state index in [1.54, 1.807) is 18.2 Å². The average molecular weight is 405 g/mol. The third kappa shape index (κ3) is 4.65. The van der Waals surface area contributed by atoms with Gasteiger partial charge in [-0.15, -0.1) is 11.8 Å². The summed E-state index contributed by atoms with van der Waals surface area (Å²) in [7, 11) is 0. The molecular weight excluding hydrogens is 393 g/mol. The number of carbonyl (C=O) groups excluding carboxylic acids is 1. The Labute approximate surface area is 146 Å². The van der Waals surface area contributed by atoms with Gasteiger partial charge >= 0.3 is 0 Å². The Kier molecular flexibility index (Phi) is 5.99. The molecule has 0 aliphatic carbocycles. The van der Waals surface area contributed by atoms with Crippen molar-refractivity contribution in [2.75, 3.05) is 5.32 Å². The highest BCUT2D eigenvalue weighted by molar-refractivity contribution is 9.10. The summed E-state index contributed by atoms with van der Waals surface area (Å²) in [5, 5.41) is 3.37. The summed E-state index contributed by atoms with van der Waals surface area (Å²) in [6.07, 6.45) is 0. The highest BCUT2D eigenvalue weighted by atomic mass is 79.9. The minimum absolute atomic E-state index is 0.141. The highest BCUT2D eigenvalue weighted by Gasteiger charge is 2.17. The first kappa shape index (κ1) is 16.7. The van der Waals surface area contributed by atoms with E-state index in [0.29, 0.717) is 15.7 Å². The molecule has 1 N–H and O–H groups in total. The summed E-state index contributed by atoms with van der Waals surface area (Å²) in [4.78, 5) is 13.2. The number of rotatable bonds is 4. The van der Waals surface area contributed by atoms with Crippen molar-refractivity contribution in [2.45, 2.75) is 17.1 Å². The Bertz CT molecular complexity index is 628. The number of benzene rings is 2. The first-order chi connectivity index (χ1) is 9.97. The summed E-state index contributed by atoms with van der Waals surface area (Å²) < 4.78 is 1.01. The molecule has 0 heterocycles. The Balaban J connectivity index is 2.04. The largest absolute Gasteiger partial charge is 0.323 e. The Morgan fingerprint density at radius 3 is 2.29 bits per heavy atom. The van der Waals surface area contributed by atoms with Gasteiger partial charge in [-0.1, -0.05) is 45.2 Å². The quantitative estimate of drug-likeness (QED) is 0.645. The van der Waals surface area contributed by atoms with Crippen LogP contribution in [0.1, 0.15) is 6.92 Å². The number of amides is 1. The summed E-state index contributed by atoms with van der Waals surface area (Å²) in [5.74, 6) is -0.141. The third-order valence-corrected chi connectivity index (χ3v) is 4.98. The molecule has 1 atom stereocenters. The zero-order valence-electron chi connectivity index (χ0n) is 11.1. The second-order valence-electron chi connectivity index (χ2n) is 4.30. The van der Waals surface area contributed by atoms with E-state index >= 15 is 0 Å². The monoisotopic (exact) mass is 403 g/mol. The van der Waals surface area contributed by atoms with Crippen LogP contribution >= 0.6 is 50.9 Å². The van der Waals surface area contributed by atoms with E-state index < -0.39 is 0 Å². The average Bonchev–Trinajstić information content (AvgIpc) is 2.45. The molecule has 0 aliphatic heterocycles. The van der Waals surface area contributed by atoms with Crippen LogP contribution in [0.15, 0.2) is 51.8 Å². The number of para-hydroxylation sites is 1. The maximum absolute atomic E-state index is 12.2. The van der Waals surface area contributed by atoms with Crippen molar-refractivity contribution < 1.29 is 4.79 Å². The van der Waals surface area contributed by atoms with E-state index in [0.717, 1.165) is 9.37 Å². The van der Waals surface area contributed by atoms with Gasteiger partial charge in [0.25, 0.3) is 0 Å². The lowest BCUT2D eigenvalue weighted by Crippen LogP contribution is -2.22. The predicted molar refractivity (Wildman–Crippen MR) is 94.6 cm³/mol. The van der Waals surface area contributed by atoms with Crippen LogP contribution in [-0.4, -0.2) is 11.2 Å². The number of halogens is 3. The van der Waals surface area contributed by atoms with E-state index in [-0.39, 0.29) is 11.2 Å². The standard InChI is InChI=1S/C15H12BrCl2NOS/c1-9(21-11-7-5-10(16)6-8-11)15(20)19-14-12(17)3-2-4-13(14)18/h2-9H,1H3,(H,19,20). The molecule has 1 amide bonds. The maximum Gasteiger partial charge on any atom is 0.237 e. The molecule has 2 aromatic rings. The topological polar surface area (TPSA) is 29.1 Å². The van der Waals surface area contributed by atoms with Gasteiger partial charge in [-0.05, 0) is 43.3 Å². The zero-order chi connectivity index (χ0) is 15.4. The number of carbonyl (C=O) groups is 1. The SMILES string of the molecule is CC(Sc1ccc(Br)cc1)C(=O)Nc1c(Cl)cccc1Cl. The molecule has 0 spiro atoms. The minimum Gasteiger partial charge on any atom is -0.323 e. The van der Waals surface area contributed by atoms with Gasteiger partial charge in [0.15, 0.2) is 0 Å². The summed E-state index contributed by atoms with van der Waals surface area (Å²) >= 11 is 16.9. The minimum atomic E-state index is -0.265. The van der Waals surface area contributed by atoms with E-state index in [4.69, 9.17) is 23.2 Å². The molecule has 1 unspecified atom stereocenters. The van der Waals surface area contributed by atoms with Crippen molar-refractivity contribution >= 4 is 62.5 Å². The Morgan fingerprint density at radius 1 is 1.14 bits per heavy atom. The van der Waals surface area contributed by atoms with Gasteiger partial charge in [-0.3, -0.25) is 4.79 Å². The number of anilines is 1. The number of hydrogen-bond acceptors (Lipinski definition) is 2. The van der Waals surface area contributed by atoms with Crippen LogP contribution in [0.5, 0.6) is 0 Å². The summed E-state index contributed by atoms with van der Waals surface area (Å²) in [6.45, 7) is 1.84. The molecule has 0 radical (unpaired) electrons. The van der Waals surface area contributed by atoms with Gasteiger partial charge in [-0.25, -0.2) is 0 Å². The smallest absolute Gasteiger partial charge is 0.237 e. The summed E-state index contributed by atoms with van der Waals surface area (Å²) in [5.41, 5.74) is 0.453. The number of nitrogens with one attached hydrogen (secondary N) is 1. The first-order valence-corrected chi connectivity index (χ1v) is 8.57. The van der Waals surface area contributed by atoms with Crippen molar-refractivity contribution in [3.8, 4) is 0 Å². The van der Waals surface area contributed by atoms with Crippen LogP contribution in [0.3, 0.4) is 0 Å². The molecule has 0 aliphatic rings. The fourth-order valence-electron chi connectivity index (χ4n) is 1.61. The normalized spacial score (nSPS) is 12.0. The van der Waals surface area contributed by atoms with Crippen LogP contribution in [0.25, 0.3) is 0 Å². The molecule has 0 saturated heterocycles. The third-order valence-electron chi connectivity index (χ3n) is 2.71. The van der Waals surface area contributed by atoms with Gasteiger partial charge in [0.2, 0.25) is 5.91 Å². The lowest BCUT2D eigenvalue weighted by molar-refractivity contribution is -0.115. The molecule has 2 rings (SSSR count). The van der Waals surface area contributed by atoms with Gasteiger partial charge < -0.3 is 5.32 Å². The lowest BCUT2D eigenvalue weighted by Gasteiger charge is -2.14. The van der Waals surface area contributed by atoms with Crippen LogP contribution in [0.2, 0.25) is 10.0 Å². The molecule has 0 saturated carbocycles. The molecule has 110 valence electrons. The molecular formula is C15H12BrCl2NOS. The van der Waals surface area contributed by atoms with E-state index in [9.17, 15) is 4.79 Å². The fourth-order valence-corrected chi connectivity index (χ4v) is 3.24. The van der Waals surface area contributed by atoms with Gasteiger partial charge in [0, 0.05) is 9.37 Å². The van der Waals surface area contributed by atoms with E-state index in [1.165, 1.54) is 11.8 Å².